The monoisotopic (exact) mass is 501 g/mol. The molecule has 5 rings (SSSR count). The number of benzene rings is 3. The molecular weight excluding hydrogens is 474 g/mol. The molecule has 3 aromatic rings. The number of carbonyl (C=O) groups excluding carboxylic acids is 2. The van der Waals surface area contributed by atoms with E-state index in [1.165, 1.54) is 0 Å². The number of hydrogen-bond acceptors (Lipinski definition) is 4. The van der Waals surface area contributed by atoms with Crippen molar-refractivity contribution >= 4 is 29.6 Å². The third-order valence-corrected chi connectivity index (χ3v) is 7.45. The molecule has 184 valence electrons. The van der Waals surface area contributed by atoms with Gasteiger partial charge >= 0.3 is 0 Å². The lowest BCUT2D eigenvalue weighted by Gasteiger charge is -2.52. The zero-order valence-electron chi connectivity index (χ0n) is 19.8. The predicted octanol–water partition coefficient (Wildman–Crippen LogP) is 4.46. The Bertz CT molecular complexity index is 1180. The summed E-state index contributed by atoms with van der Waals surface area (Å²) in [6.07, 6.45) is 1.55. The fourth-order valence-electron chi connectivity index (χ4n) is 5.38. The van der Waals surface area contributed by atoms with Gasteiger partial charge in [-0.2, -0.15) is 5.10 Å². The summed E-state index contributed by atoms with van der Waals surface area (Å²) < 4.78 is 5.47. The summed E-state index contributed by atoms with van der Waals surface area (Å²) >= 11 is 6.22. The topological polar surface area (TPSA) is 71.0 Å². The van der Waals surface area contributed by atoms with Crippen LogP contribution in [0.2, 0.25) is 5.02 Å². The number of carbonyl (C=O) groups is 2. The number of amides is 2. The van der Waals surface area contributed by atoms with Crippen LogP contribution in [-0.2, 0) is 14.3 Å². The number of nitrogens with one attached hydrogen (secondary N) is 1. The third-order valence-electron chi connectivity index (χ3n) is 7.11. The van der Waals surface area contributed by atoms with Gasteiger partial charge in [-0.1, -0.05) is 90.5 Å². The number of nitrogens with zero attached hydrogens (tertiary/aromatic N) is 2. The van der Waals surface area contributed by atoms with Gasteiger partial charge in [0.25, 0.3) is 0 Å². The average Bonchev–Trinajstić information content (AvgIpc) is 2.91. The predicted molar refractivity (Wildman–Crippen MR) is 140 cm³/mol. The molecule has 2 aliphatic rings. The van der Waals surface area contributed by atoms with Gasteiger partial charge in [0.05, 0.1) is 31.3 Å². The summed E-state index contributed by atoms with van der Waals surface area (Å²) in [6.45, 7) is 2.20. The number of halogens is 1. The molecule has 6 nitrogen and oxygen atoms in total. The summed E-state index contributed by atoms with van der Waals surface area (Å²) in [4.78, 5) is 29.3. The maximum Gasteiger partial charge on any atom is 0.244 e. The minimum atomic E-state index is -0.451. The summed E-state index contributed by atoms with van der Waals surface area (Å²) in [5.74, 6) is -1.47. The molecule has 0 unspecified atom stereocenters. The van der Waals surface area contributed by atoms with Crippen molar-refractivity contribution in [1.29, 1.82) is 0 Å². The quantitative estimate of drug-likeness (QED) is 0.400. The van der Waals surface area contributed by atoms with Crippen LogP contribution in [0.4, 0.5) is 0 Å². The Kier molecular flexibility index (Phi) is 7.44. The van der Waals surface area contributed by atoms with E-state index in [-0.39, 0.29) is 29.6 Å². The van der Waals surface area contributed by atoms with Crippen molar-refractivity contribution < 1.29 is 14.3 Å². The summed E-state index contributed by atoms with van der Waals surface area (Å²) in [5.41, 5.74) is 5.40. The molecule has 2 atom stereocenters. The maximum atomic E-state index is 13.8. The van der Waals surface area contributed by atoms with E-state index in [0.29, 0.717) is 36.9 Å². The number of morpholine rings is 1. The van der Waals surface area contributed by atoms with Crippen LogP contribution in [-0.4, -0.2) is 49.2 Å². The zero-order valence-corrected chi connectivity index (χ0v) is 20.6. The van der Waals surface area contributed by atoms with Gasteiger partial charge in [-0.05, 0) is 17.2 Å². The second-order valence-electron chi connectivity index (χ2n) is 9.12. The highest BCUT2D eigenvalue weighted by molar-refractivity contribution is 6.33. The average molecular weight is 502 g/mol. The van der Waals surface area contributed by atoms with Crippen LogP contribution in [0.15, 0.2) is 90.0 Å². The molecule has 36 heavy (non-hydrogen) atoms. The van der Waals surface area contributed by atoms with Gasteiger partial charge in [0.2, 0.25) is 11.8 Å². The SMILES string of the molecule is O=C(N/N=C\c1ccccc1Cl)C1[C@@H](c2ccccc2)C(C(=O)N2CCOCC2)[C@@H]1c1ccccc1. The largest absolute Gasteiger partial charge is 0.378 e. The molecule has 3 aromatic carbocycles. The Hall–Kier alpha value is -3.48. The molecule has 0 aromatic heterocycles. The molecule has 1 saturated carbocycles. The van der Waals surface area contributed by atoms with Crippen molar-refractivity contribution in [1.82, 2.24) is 10.3 Å². The van der Waals surface area contributed by atoms with Gasteiger partial charge in [-0.25, -0.2) is 5.43 Å². The van der Waals surface area contributed by atoms with E-state index in [0.717, 1.165) is 11.1 Å². The Balaban J connectivity index is 1.47. The first-order valence-electron chi connectivity index (χ1n) is 12.2. The molecule has 1 aliphatic carbocycles. The first-order valence-corrected chi connectivity index (χ1v) is 12.6. The van der Waals surface area contributed by atoms with Crippen LogP contribution in [0.1, 0.15) is 28.5 Å². The van der Waals surface area contributed by atoms with E-state index in [9.17, 15) is 9.59 Å². The number of hydrogen-bond donors (Lipinski definition) is 1. The fourth-order valence-corrected chi connectivity index (χ4v) is 5.56. The lowest BCUT2D eigenvalue weighted by atomic mass is 9.51. The first kappa shape index (κ1) is 24.2. The Morgan fingerprint density at radius 1 is 0.833 bits per heavy atom. The molecule has 7 heteroatoms. The molecule has 2 fully saturated rings. The maximum absolute atomic E-state index is 13.8. The fraction of sp³-hybridized carbons (Fsp3) is 0.276. The molecule has 1 aliphatic heterocycles. The highest BCUT2D eigenvalue weighted by atomic mass is 35.5. The van der Waals surface area contributed by atoms with Crippen molar-refractivity contribution in [3.8, 4) is 0 Å². The van der Waals surface area contributed by atoms with Crippen molar-refractivity contribution in [2.24, 2.45) is 16.9 Å². The van der Waals surface area contributed by atoms with Crippen molar-refractivity contribution in [3.63, 3.8) is 0 Å². The summed E-state index contributed by atoms with van der Waals surface area (Å²) in [7, 11) is 0. The van der Waals surface area contributed by atoms with Crippen molar-refractivity contribution in [2.45, 2.75) is 11.8 Å². The molecule has 1 heterocycles. The first-order chi connectivity index (χ1) is 17.6. The van der Waals surface area contributed by atoms with Crippen LogP contribution in [0, 0.1) is 11.8 Å². The molecule has 2 amide bonds. The molecule has 1 N–H and O–H groups in total. The van der Waals surface area contributed by atoms with E-state index in [1.807, 2.05) is 83.8 Å². The normalized spacial score (nSPS) is 23.8. The van der Waals surface area contributed by atoms with Crippen molar-refractivity contribution in [2.75, 3.05) is 26.3 Å². The second-order valence-corrected chi connectivity index (χ2v) is 9.53. The molecule has 0 spiro atoms. The third kappa shape index (κ3) is 4.92. The van der Waals surface area contributed by atoms with Gasteiger partial charge in [0.15, 0.2) is 0 Å². The minimum Gasteiger partial charge on any atom is -0.378 e. The van der Waals surface area contributed by atoms with Crippen LogP contribution < -0.4 is 5.43 Å². The number of hydrazone groups is 1. The van der Waals surface area contributed by atoms with Crippen LogP contribution in [0.5, 0.6) is 0 Å². The number of rotatable bonds is 6. The lowest BCUT2D eigenvalue weighted by molar-refractivity contribution is -0.151. The van der Waals surface area contributed by atoms with Gasteiger partial charge in [0, 0.05) is 35.5 Å². The standard InChI is InChI=1S/C29H28ClN3O3/c30-23-14-8-7-13-22(23)19-31-32-28(34)26-24(20-9-3-1-4-10-20)27(25(26)21-11-5-2-6-12-21)29(35)33-15-17-36-18-16-33/h1-14,19,24-27H,15-18H2,(H,32,34)/b31-19-/t24-,25-,26?,27?/m1/s1. The molecule has 0 bridgehead atoms. The van der Waals surface area contributed by atoms with Crippen LogP contribution in [0.25, 0.3) is 0 Å². The van der Waals surface area contributed by atoms with Gasteiger partial charge < -0.3 is 9.64 Å². The molecule has 1 saturated heterocycles. The van der Waals surface area contributed by atoms with Gasteiger partial charge in [-0.15, -0.1) is 0 Å². The van der Waals surface area contributed by atoms with E-state index < -0.39 is 5.92 Å². The Morgan fingerprint density at radius 2 is 1.39 bits per heavy atom. The highest BCUT2D eigenvalue weighted by Crippen LogP contribution is 2.58. The van der Waals surface area contributed by atoms with Crippen LogP contribution in [0.3, 0.4) is 0 Å². The van der Waals surface area contributed by atoms with E-state index >= 15 is 0 Å². The Morgan fingerprint density at radius 3 is 1.97 bits per heavy atom. The minimum absolute atomic E-state index is 0.0737. The molecule has 0 radical (unpaired) electrons. The smallest absolute Gasteiger partial charge is 0.244 e. The molecular formula is C29H28ClN3O3. The van der Waals surface area contributed by atoms with Crippen LogP contribution >= 0.6 is 11.6 Å². The zero-order chi connectivity index (χ0) is 24.9. The van der Waals surface area contributed by atoms with E-state index in [1.54, 1.807) is 12.3 Å². The van der Waals surface area contributed by atoms with E-state index in [2.05, 4.69) is 10.5 Å². The van der Waals surface area contributed by atoms with Gasteiger partial charge in [-0.3, -0.25) is 9.59 Å². The van der Waals surface area contributed by atoms with Gasteiger partial charge in [0.1, 0.15) is 0 Å². The second kappa shape index (κ2) is 11.1. The number of ether oxygens (including phenoxy) is 1. The van der Waals surface area contributed by atoms with Crippen molar-refractivity contribution in [3.05, 3.63) is 107 Å². The summed E-state index contributed by atoms with van der Waals surface area (Å²) in [5, 5.41) is 4.76. The lowest BCUT2D eigenvalue weighted by Crippen LogP contribution is -2.57. The van der Waals surface area contributed by atoms with E-state index in [4.69, 9.17) is 16.3 Å². The highest BCUT2D eigenvalue weighted by Gasteiger charge is 2.58. The summed E-state index contributed by atoms with van der Waals surface area (Å²) in [6, 6.07) is 27.0. The Labute approximate surface area is 215 Å².